The average molecular weight is 282 g/mol. The Morgan fingerprint density at radius 1 is 1.32 bits per heavy atom. The zero-order valence-electron chi connectivity index (χ0n) is 11.0. The Hall–Kier alpha value is -1.32. The minimum absolute atomic E-state index is 0.146. The fourth-order valence-corrected chi connectivity index (χ4v) is 2.14. The minimum atomic E-state index is -0.349. The van der Waals surface area contributed by atoms with E-state index in [0.717, 1.165) is 18.7 Å². The van der Waals surface area contributed by atoms with E-state index in [2.05, 4.69) is 12.2 Å². The van der Waals surface area contributed by atoms with E-state index < -0.39 is 0 Å². The van der Waals surface area contributed by atoms with Crippen LogP contribution < -0.4 is 5.32 Å². The molecule has 0 amide bonds. The van der Waals surface area contributed by atoms with Crippen LogP contribution in [0.4, 0.5) is 4.39 Å². The molecule has 0 aliphatic rings. The highest BCUT2D eigenvalue weighted by Gasteiger charge is 2.13. The van der Waals surface area contributed by atoms with Crippen molar-refractivity contribution in [2.24, 2.45) is 0 Å². The van der Waals surface area contributed by atoms with E-state index in [4.69, 9.17) is 16.0 Å². The first-order chi connectivity index (χ1) is 9.11. The number of hydrogen-bond donors (Lipinski definition) is 1. The molecule has 0 saturated heterocycles. The van der Waals surface area contributed by atoms with Gasteiger partial charge in [-0.1, -0.05) is 18.5 Å². The van der Waals surface area contributed by atoms with Crippen molar-refractivity contribution in [3.63, 3.8) is 0 Å². The van der Waals surface area contributed by atoms with Crippen LogP contribution in [-0.4, -0.2) is 6.54 Å². The zero-order chi connectivity index (χ0) is 13.8. The summed E-state index contributed by atoms with van der Waals surface area (Å²) in [5.41, 5.74) is 0.706. The second kappa shape index (κ2) is 6.22. The SMILES string of the molecule is CCCNC(C)c1ccc(-c2ccc(F)cc2Cl)o1. The van der Waals surface area contributed by atoms with Crippen molar-refractivity contribution in [1.29, 1.82) is 0 Å². The van der Waals surface area contributed by atoms with E-state index in [1.807, 2.05) is 19.1 Å². The number of rotatable bonds is 5. The summed E-state index contributed by atoms with van der Waals surface area (Å²) in [6.07, 6.45) is 1.07. The predicted octanol–water partition coefficient (Wildman–Crippen LogP) is 4.80. The maximum absolute atomic E-state index is 13.0. The molecule has 2 aromatic rings. The molecule has 1 N–H and O–H groups in total. The van der Waals surface area contributed by atoms with Gasteiger partial charge in [-0.15, -0.1) is 0 Å². The molecule has 0 aliphatic carbocycles. The monoisotopic (exact) mass is 281 g/mol. The van der Waals surface area contributed by atoms with E-state index in [1.165, 1.54) is 12.1 Å². The Bertz CT molecular complexity index is 553. The van der Waals surface area contributed by atoms with E-state index in [9.17, 15) is 4.39 Å². The number of benzene rings is 1. The first-order valence-corrected chi connectivity index (χ1v) is 6.78. The summed E-state index contributed by atoms with van der Waals surface area (Å²) in [7, 11) is 0. The second-order valence-electron chi connectivity index (χ2n) is 4.50. The predicted molar refractivity (Wildman–Crippen MR) is 75.8 cm³/mol. The van der Waals surface area contributed by atoms with Gasteiger partial charge in [0, 0.05) is 5.56 Å². The molecule has 0 fully saturated rings. The molecule has 1 atom stereocenters. The third-order valence-corrected chi connectivity index (χ3v) is 3.26. The van der Waals surface area contributed by atoms with Gasteiger partial charge in [-0.3, -0.25) is 0 Å². The normalized spacial score (nSPS) is 12.6. The highest BCUT2D eigenvalue weighted by Crippen LogP contribution is 2.31. The van der Waals surface area contributed by atoms with E-state index in [1.54, 1.807) is 6.07 Å². The molecule has 4 heteroatoms. The van der Waals surface area contributed by atoms with Crippen LogP contribution >= 0.6 is 11.6 Å². The molecule has 0 bridgehead atoms. The first-order valence-electron chi connectivity index (χ1n) is 6.40. The summed E-state index contributed by atoms with van der Waals surface area (Å²) < 4.78 is 18.8. The maximum Gasteiger partial charge on any atom is 0.135 e. The van der Waals surface area contributed by atoms with E-state index in [0.29, 0.717) is 16.3 Å². The molecule has 2 nitrogen and oxygen atoms in total. The van der Waals surface area contributed by atoms with Gasteiger partial charge in [-0.25, -0.2) is 4.39 Å². The fraction of sp³-hybridized carbons (Fsp3) is 0.333. The van der Waals surface area contributed by atoms with E-state index >= 15 is 0 Å². The van der Waals surface area contributed by atoms with Gasteiger partial charge in [0.05, 0.1) is 11.1 Å². The molecule has 0 radical (unpaired) electrons. The van der Waals surface area contributed by atoms with Crippen LogP contribution in [0.5, 0.6) is 0 Å². The lowest BCUT2D eigenvalue weighted by Crippen LogP contribution is -2.18. The molecule has 0 spiro atoms. The molecular weight excluding hydrogens is 265 g/mol. The number of furan rings is 1. The molecule has 1 aromatic carbocycles. The summed E-state index contributed by atoms with van der Waals surface area (Å²) in [6.45, 7) is 5.10. The summed E-state index contributed by atoms with van der Waals surface area (Å²) in [5, 5.41) is 3.71. The smallest absolute Gasteiger partial charge is 0.135 e. The highest BCUT2D eigenvalue weighted by atomic mass is 35.5. The molecule has 1 unspecified atom stereocenters. The second-order valence-corrected chi connectivity index (χ2v) is 4.91. The van der Waals surface area contributed by atoms with Crippen LogP contribution in [-0.2, 0) is 0 Å². The summed E-state index contributed by atoms with van der Waals surface area (Å²) in [6, 6.07) is 8.22. The van der Waals surface area contributed by atoms with Gasteiger partial charge in [-0.05, 0) is 50.2 Å². The minimum Gasteiger partial charge on any atom is -0.459 e. The van der Waals surface area contributed by atoms with Crippen LogP contribution in [0.2, 0.25) is 5.02 Å². The standard InChI is InChI=1S/C15H17ClFNO/c1-3-8-18-10(2)14-6-7-15(19-14)12-5-4-11(17)9-13(12)16/h4-7,9-10,18H,3,8H2,1-2H3. The van der Waals surface area contributed by atoms with Gasteiger partial charge in [0.2, 0.25) is 0 Å². The third kappa shape index (κ3) is 3.37. The number of hydrogen-bond acceptors (Lipinski definition) is 2. The van der Waals surface area contributed by atoms with E-state index in [-0.39, 0.29) is 11.9 Å². The Labute approximate surface area is 117 Å². The lowest BCUT2D eigenvalue weighted by Gasteiger charge is -2.10. The first kappa shape index (κ1) is 14.1. The third-order valence-electron chi connectivity index (χ3n) is 2.95. The molecule has 19 heavy (non-hydrogen) atoms. The van der Waals surface area contributed by atoms with Crippen molar-refractivity contribution in [3.05, 3.63) is 46.9 Å². The van der Waals surface area contributed by atoms with Gasteiger partial charge >= 0.3 is 0 Å². The van der Waals surface area contributed by atoms with Crippen molar-refractivity contribution in [2.75, 3.05) is 6.54 Å². The van der Waals surface area contributed by atoms with Crippen LogP contribution in [0, 0.1) is 5.82 Å². The Morgan fingerprint density at radius 2 is 2.11 bits per heavy atom. The lowest BCUT2D eigenvalue weighted by molar-refractivity contribution is 0.438. The van der Waals surface area contributed by atoms with Crippen LogP contribution in [0.15, 0.2) is 34.7 Å². The number of nitrogens with one attached hydrogen (secondary N) is 1. The Balaban J connectivity index is 2.20. The molecule has 102 valence electrons. The molecule has 0 saturated carbocycles. The average Bonchev–Trinajstić information content (AvgIpc) is 2.85. The fourth-order valence-electron chi connectivity index (χ4n) is 1.88. The van der Waals surface area contributed by atoms with Crippen molar-refractivity contribution >= 4 is 11.6 Å². The molecule has 2 rings (SSSR count). The van der Waals surface area contributed by atoms with Crippen molar-refractivity contribution in [1.82, 2.24) is 5.32 Å². The molecule has 0 aliphatic heterocycles. The van der Waals surface area contributed by atoms with Crippen LogP contribution in [0.3, 0.4) is 0 Å². The van der Waals surface area contributed by atoms with Gasteiger partial charge < -0.3 is 9.73 Å². The molecule has 1 heterocycles. The van der Waals surface area contributed by atoms with Crippen LogP contribution in [0.25, 0.3) is 11.3 Å². The zero-order valence-corrected chi connectivity index (χ0v) is 11.8. The highest BCUT2D eigenvalue weighted by molar-refractivity contribution is 6.33. The molecule has 1 aromatic heterocycles. The van der Waals surface area contributed by atoms with Gasteiger partial charge in [0.25, 0.3) is 0 Å². The van der Waals surface area contributed by atoms with Crippen molar-refractivity contribution in [3.8, 4) is 11.3 Å². The van der Waals surface area contributed by atoms with Crippen molar-refractivity contribution < 1.29 is 8.81 Å². The van der Waals surface area contributed by atoms with Crippen molar-refractivity contribution in [2.45, 2.75) is 26.3 Å². The largest absolute Gasteiger partial charge is 0.459 e. The van der Waals surface area contributed by atoms with Crippen LogP contribution in [0.1, 0.15) is 32.1 Å². The maximum atomic E-state index is 13.0. The Kier molecular flexibility index (Phi) is 4.61. The lowest BCUT2D eigenvalue weighted by atomic mass is 10.2. The summed E-state index contributed by atoms with van der Waals surface area (Å²) in [4.78, 5) is 0. The quantitative estimate of drug-likeness (QED) is 0.851. The summed E-state index contributed by atoms with van der Waals surface area (Å²) in [5.74, 6) is 1.16. The van der Waals surface area contributed by atoms with Gasteiger partial charge in [0.1, 0.15) is 17.3 Å². The number of halogens is 2. The van der Waals surface area contributed by atoms with Gasteiger partial charge in [-0.2, -0.15) is 0 Å². The van der Waals surface area contributed by atoms with Gasteiger partial charge in [0.15, 0.2) is 0 Å². The molecular formula is C15H17ClFNO. The topological polar surface area (TPSA) is 25.2 Å². The Morgan fingerprint density at radius 3 is 2.79 bits per heavy atom. The summed E-state index contributed by atoms with van der Waals surface area (Å²) >= 11 is 6.02.